The Labute approximate surface area is 140 Å². The minimum atomic E-state index is -3.71. The first-order valence-corrected chi connectivity index (χ1v) is 9.35. The maximum Gasteiger partial charge on any atom is 0.311 e. The van der Waals surface area contributed by atoms with Crippen LogP contribution in [0.15, 0.2) is 35.4 Å². The van der Waals surface area contributed by atoms with E-state index < -0.39 is 20.4 Å². The molecule has 8 nitrogen and oxygen atoms in total. The summed E-state index contributed by atoms with van der Waals surface area (Å²) in [4.78, 5) is 10.3. The fourth-order valence-electron chi connectivity index (χ4n) is 2.19. The quantitative estimate of drug-likeness (QED) is 0.606. The topological polar surface area (TPSA) is 107 Å². The number of benzene rings is 1. The number of nitrogens with one attached hydrogen (secondary N) is 1. The molecule has 24 heavy (non-hydrogen) atoms. The third-order valence-electron chi connectivity index (χ3n) is 3.42. The Hall–Kier alpha value is -2.42. The molecule has 0 fully saturated rings. The van der Waals surface area contributed by atoms with Crippen molar-refractivity contribution in [3.8, 4) is 0 Å². The van der Waals surface area contributed by atoms with Crippen LogP contribution in [0.4, 0.5) is 17.2 Å². The highest BCUT2D eigenvalue weighted by Gasteiger charge is 2.26. The van der Waals surface area contributed by atoms with Gasteiger partial charge in [-0.3, -0.25) is 14.8 Å². The maximum absolute atomic E-state index is 11.8. The van der Waals surface area contributed by atoms with Crippen LogP contribution in [-0.4, -0.2) is 29.4 Å². The van der Waals surface area contributed by atoms with E-state index in [4.69, 9.17) is 0 Å². The van der Waals surface area contributed by atoms with E-state index in [1.165, 1.54) is 18.2 Å². The largest absolute Gasteiger partial charge is 0.333 e. The summed E-state index contributed by atoms with van der Waals surface area (Å²) in [5.41, 5.74) is -0.381. The summed E-state index contributed by atoms with van der Waals surface area (Å²) in [6, 6.07) is 5.83. The molecule has 0 amide bonds. The van der Waals surface area contributed by atoms with Gasteiger partial charge >= 0.3 is 5.69 Å². The number of aromatic nitrogens is 2. The second-order valence-corrected chi connectivity index (χ2v) is 7.94. The highest BCUT2D eigenvalue weighted by atomic mass is 32.2. The van der Waals surface area contributed by atoms with E-state index in [0.717, 1.165) is 19.2 Å². The van der Waals surface area contributed by atoms with E-state index in [1.807, 2.05) is 0 Å². The van der Waals surface area contributed by atoms with Gasteiger partial charge in [-0.2, -0.15) is 5.10 Å². The fourth-order valence-corrected chi connectivity index (χ4v) is 3.05. The smallest absolute Gasteiger partial charge is 0.311 e. The van der Waals surface area contributed by atoms with Gasteiger partial charge in [0.2, 0.25) is 0 Å². The zero-order valence-corrected chi connectivity index (χ0v) is 14.6. The van der Waals surface area contributed by atoms with Gasteiger partial charge in [0.15, 0.2) is 15.7 Å². The van der Waals surface area contributed by atoms with Crippen LogP contribution >= 0.6 is 0 Å². The molecule has 0 aliphatic carbocycles. The third kappa shape index (κ3) is 4.31. The van der Waals surface area contributed by atoms with Crippen molar-refractivity contribution in [1.29, 1.82) is 0 Å². The Morgan fingerprint density at radius 3 is 2.62 bits per heavy atom. The summed E-state index contributed by atoms with van der Waals surface area (Å²) in [7, 11) is -3.71. The van der Waals surface area contributed by atoms with Crippen LogP contribution in [-0.2, 0) is 16.4 Å². The molecule has 0 saturated carbocycles. The van der Waals surface area contributed by atoms with Crippen LogP contribution < -0.4 is 5.32 Å². The van der Waals surface area contributed by atoms with Gasteiger partial charge < -0.3 is 5.32 Å². The number of nitro groups is 1. The van der Waals surface area contributed by atoms with Crippen LogP contribution in [0.5, 0.6) is 0 Å². The van der Waals surface area contributed by atoms with Crippen molar-refractivity contribution in [3.05, 3.63) is 40.6 Å². The predicted octanol–water partition coefficient (Wildman–Crippen LogP) is 2.98. The second kappa shape index (κ2) is 7.00. The molecule has 9 heteroatoms. The summed E-state index contributed by atoms with van der Waals surface area (Å²) in [5, 5.41) is 18.5. The molecule has 0 unspecified atom stereocenters. The Morgan fingerprint density at radius 1 is 1.33 bits per heavy atom. The number of para-hydroxylation sites is 1. The third-order valence-corrected chi connectivity index (χ3v) is 4.55. The molecule has 1 aromatic carbocycles. The first-order valence-electron chi connectivity index (χ1n) is 7.46. The summed E-state index contributed by atoms with van der Waals surface area (Å²) < 4.78 is 25.3. The zero-order chi connectivity index (χ0) is 17.9. The number of hydrogen-bond acceptors (Lipinski definition) is 6. The molecule has 0 spiro atoms. The Kier molecular flexibility index (Phi) is 5.23. The normalized spacial score (nSPS) is 11.7. The number of sulfone groups is 1. The van der Waals surface area contributed by atoms with Gasteiger partial charge in [-0.05, 0) is 24.5 Å². The molecule has 1 aromatic heterocycles. The molecule has 0 saturated heterocycles. The summed E-state index contributed by atoms with van der Waals surface area (Å²) >= 11 is 0. The molecule has 2 aromatic rings. The zero-order valence-electron chi connectivity index (χ0n) is 13.8. The van der Waals surface area contributed by atoms with Crippen LogP contribution in [0.1, 0.15) is 20.3 Å². The highest BCUT2D eigenvalue weighted by molar-refractivity contribution is 7.90. The SMILES string of the molecule is CC(C)CCn1ccc(Nc2cccc(S(C)(=O)=O)c2[N+](=O)[O-])n1. The standard InChI is InChI=1S/C15H20N4O4S/c1-11(2)7-9-18-10-8-14(17-18)16-12-5-4-6-13(24(3,22)23)15(12)19(20)21/h4-6,8,10-11H,7,9H2,1-3H3,(H,16,17). The Balaban J connectivity index is 2.32. The number of nitrogens with zero attached hydrogens (tertiary/aromatic N) is 3. The number of nitro benzene ring substituents is 1. The van der Waals surface area contributed by atoms with E-state index in [1.54, 1.807) is 16.9 Å². The van der Waals surface area contributed by atoms with Crippen LogP contribution in [0.25, 0.3) is 0 Å². The number of anilines is 2. The number of hydrogen-bond donors (Lipinski definition) is 1. The number of rotatable bonds is 7. The Bertz CT molecular complexity index is 843. The predicted molar refractivity (Wildman–Crippen MR) is 91.2 cm³/mol. The van der Waals surface area contributed by atoms with Gasteiger partial charge in [-0.25, -0.2) is 8.42 Å². The van der Waals surface area contributed by atoms with E-state index in [-0.39, 0.29) is 10.6 Å². The number of aryl methyl sites for hydroxylation is 1. The van der Waals surface area contributed by atoms with Crippen LogP contribution in [0, 0.1) is 16.0 Å². The molecule has 0 aliphatic rings. The Morgan fingerprint density at radius 2 is 2.04 bits per heavy atom. The summed E-state index contributed by atoms with van der Waals surface area (Å²) in [5.74, 6) is 0.964. The second-order valence-electron chi connectivity index (χ2n) is 5.95. The molecule has 0 bridgehead atoms. The molecular formula is C15H20N4O4S. The summed E-state index contributed by atoms with van der Waals surface area (Å²) in [6.07, 6.45) is 3.68. The van der Waals surface area contributed by atoms with Gasteiger partial charge in [0.1, 0.15) is 10.6 Å². The molecule has 0 radical (unpaired) electrons. The molecule has 2 rings (SSSR count). The van der Waals surface area contributed by atoms with Crippen molar-refractivity contribution in [3.63, 3.8) is 0 Å². The van der Waals surface area contributed by atoms with Crippen molar-refractivity contribution < 1.29 is 13.3 Å². The van der Waals surface area contributed by atoms with Gasteiger partial charge in [0.25, 0.3) is 0 Å². The molecule has 1 heterocycles. The maximum atomic E-state index is 11.8. The van der Waals surface area contributed by atoms with Crippen molar-refractivity contribution in [2.24, 2.45) is 5.92 Å². The first kappa shape index (κ1) is 17.9. The van der Waals surface area contributed by atoms with Crippen molar-refractivity contribution in [2.45, 2.75) is 31.7 Å². The van der Waals surface area contributed by atoms with Crippen molar-refractivity contribution >= 4 is 27.0 Å². The van der Waals surface area contributed by atoms with E-state index in [9.17, 15) is 18.5 Å². The van der Waals surface area contributed by atoms with Crippen LogP contribution in [0.3, 0.4) is 0 Å². The van der Waals surface area contributed by atoms with E-state index in [0.29, 0.717) is 11.7 Å². The lowest BCUT2D eigenvalue weighted by atomic mass is 10.1. The highest BCUT2D eigenvalue weighted by Crippen LogP contribution is 2.33. The molecule has 130 valence electrons. The van der Waals surface area contributed by atoms with Gasteiger partial charge in [-0.1, -0.05) is 19.9 Å². The lowest BCUT2D eigenvalue weighted by molar-refractivity contribution is -0.386. The van der Waals surface area contributed by atoms with E-state index in [2.05, 4.69) is 24.3 Å². The average molecular weight is 352 g/mol. The fraction of sp³-hybridized carbons (Fsp3) is 0.400. The molecule has 0 atom stereocenters. The summed E-state index contributed by atoms with van der Waals surface area (Å²) in [6.45, 7) is 4.97. The minimum absolute atomic E-state index is 0.0945. The monoisotopic (exact) mass is 352 g/mol. The van der Waals surface area contributed by atoms with Crippen molar-refractivity contribution in [1.82, 2.24) is 9.78 Å². The van der Waals surface area contributed by atoms with Crippen LogP contribution in [0.2, 0.25) is 0 Å². The van der Waals surface area contributed by atoms with Gasteiger partial charge in [0.05, 0.1) is 4.92 Å². The molecular weight excluding hydrogens is 332 g/mol. The van der Waals surface area contributed by atoms with E-state index >= 15 is 0 Å². The minimum Gasteiger partial charge on any atom is -0.333 e. The lowest BCUT2D eigenvalue weighted by Gasteiger charge is -2.08. The average Bonchev–Trinajstić information content (AvgIpc) is 2.91. The van der Waals surface area contributed by atoms with Crippen molar-refractivity contribution in [2.75, 3.05) is 11.6 Å². The molecule has 1 N–H and O–H groups in total. The first-order chi connectivity index (χ1) is 11.2. The van der Waals surface area contributed by atoms with Gasteiger partial charge in [-0.15, -0.1) is 0 Å². The lowest BCUT2D eigenvalue weighted by Crippen LogP contribution is -2.06. The van der Waals surface area contributed by atoms with Gasteiger partial charge in [0, 0.05) is 25.1 Å². The molecule has 0 aliphatic heterocycles.